The molecule has 0 aromatic heterocycles. The molecule has 0 fully saturated rings. The molecule has 3 heteroatoms. The molecule has 0 aliphatic rings. The maximum Gasteiger partial charge on any atom is 0.104 e. The van der Waals surface area contributed by atoms with Gasteiger partial charge in [0.25, 0.3) is 0 Å². The molecule has 0 atom stereocenters. The third-order valence-electron chi connectivity index (χ3n) is 3.92. The highest BCUT2D eigenvalue weighted by Crippen LogP contribution is 2.23. The fraction of sp³-hybridized carbons (Fsp3) is 0.650. The summed E-state index contributed by atoms with van der Waals surface area (Å²) in [6.45, 7) is 2.28. The van der Waals surface area contributed by atoms with Crippen LogP contribution in [0.2, 0.25) is 0 Å². The molecule has 0 spiro atoms. The number of rotatable bonds is 13. The van der Waals surface area contributed by atoms with E-state index in [1.165, 1.54) is 75.5 Å². The van der Waals surface area contributed by atoms with Crippen molar-refractivity contribution in [2.24, 2.45) is 0 Å². The lowest BCUT2D eigenvalue weighted by Crippen LogP contribution is -1.88. The number of thiocarbonyl (C=S) groups is 1. The molecular weight excluding hydrogens is 336 g/mol. The zero-order chi connectivity index (χ0) is 16.6. The standard InChI is InChI=1S/C20H32S3/c1-2-3-4-5-6-7-8-9-10-14-17-22-20(21)23-18-19-15-12-11-13-16-19/h11-13,15-16H,2-10,14,17-18H2,1H3. The first-order valence-electron chi connectivity index (χ1n) is 9.16. The van der Waals surface area contributed by atoms with Crippen LogP contribution in [0.3, 0.4) is 0 Å². The normalized spacial score (nSPS) is 10.8. The Morgan fingerprint density at radius 2 is 1.35 bits per heavy atom. The van der Waals surface area contributed by atoms with Crippen LogP contribution in [-0.2, 0) is 5.75 Å². The second-order valence-electron chi connectivity index (χ2n) is 6.05. The highest BCUT2D eigenvalue weighted by molar-refractivity contribution is 8.46. The summed E-state index contributed by atoms with van der Waals surface area (Å²) in [7, 11) is 0. The Kier molecular flexibility index (Phi) is 14.2. The predicted molar refractivity (Wildman–Crippen MR) is 115 cm³/mol. The largest absolute Gasteiger partial charge is 0.108 e. The number of hydrogen-bond acceptors (Lipinski definition) is 3. The van der Waals surface area contributed by atoms with Crippen LogP contribution in [0.4, 0.5) is 0 Å². The summed E-state index contributed by atoms with van der Waals surface area (Å²) in [6, 6.07) is 10.6. The lowest BCUT2D eigenvalue weighted by atomic mass is 10.1. The Balaban J connectivity index is 1.84. The van der Waals surface area contributed by atoms with Crippen molar-refractivity contribution >= 4 is 39.3 Å². The van der Waals surface area contributed by atoms with Crippen molar-refractivity contribution in [1.82, 2.24) is 0 Å². The minimum Gasteiger partial charge on any atom is -0.108 e. The van der Waals surface area contributed by atoms with Gasteiger partial charge in [0.2, 0.25) is 0 Å². The van der Waals surface area contributed by atoms with E-state index < -0.39 is 0 Å². The lowest BCUT2D eigenvalue weighted by molar-refractivity contribution is 0.563. The Labute approximate surface area is 157 Å². The summed E-state index contributed by atoms with van der Waals surface area (Å²) in [5.41, 5.74) is 1.36. The van der Waals surface area contributed by atoms with E-state index in [-0.39, 0.29) is 0 Å². The minimum atomic E-state index is 1.00. The van der Waals surface area contributed by atoms with Gasteiger partial charge in [-0.25, -0.2) is 0 Å². The molecule has 1 rings (SSSR count). The second kappa shape index (κ2) is 15.5. The monoisotopic (exact) mass is 368 g/mol. The summed E-state index contributed by atoms with van der Waals surface area (Å²) in [5.74, 6) is 2.20. The fourth-order valence-electron chi connectivity index (χ4n) is 2.50. The molecule has 1 aromatic rings. The quantitative estimate of drug-likeness (QED) is 0.257. The Hall–Kier alpha value is 0.01000. The number of benzene rings is 1. The summed E-state index contributed by atoms with van der Waals surface area (Å²) >= 11 is 9.12. The molecule has 0 aliphatic carbocycles. The van der Waals surface area contributed by atoms with Crippen LogP contribution >= 0.6 is 35.7 Å². The van der Waals surface area contributed by atoms with Crippen molar-refractivity contribution in [3.05, 3.63) is 35.9 Å². The maximum absolute atomic E-state index is 5.45. The van der Waals surface area contributed by atoms with Crippen molar-refractivity contribution < 1.29 is 0 Å². The molecule has 0 heterocycles. The third kappa shape index (κ3) is 13.0. The van der Waals surface area contributed by atoms with E-state index in [4.69, 9.17) is 12.2 Å². The van der Waals surface area contributed by atoms with Gasteiger partial charge in [-0.1, -0.05) is 107 Å². The maximum atomic E-state index is 5.45. The first kappa shape index (κ1) is 21.1. The molecule has 0 radical (unpaired) electrons. The number of thioether (sulfide) groups is 2. The van der Waals surface area contributed by atoms with Crippen LogP contribution in [0.15, 0.2) is 30.3 Å². The summed E-state index contributed by atoms with van der Waals surface area (Å²) in [6.07, 6.45) is 14.0. The third-order valence-corrected chi connectivity index (χ3v) is 6.77. The average Bonchev–Trinajstić information content (AvgIpc) is 2.59. The van der Waals surface area contributed by atoms with Crippen molar-refractivity contribution in [3.63, 3.8) is 0 Å². The van der Waals surface area contributed by atoms with Gasteiger partial charge in [-0.3, -0.25) is 0 Å². The molecule has 0 nitrogen and oxygen atoms in total. The molecule has 0 amide bonds. The van der Waals surface area contributed by atoms with Crippen LogP contribution in [0.25, 0.3) is 0 Å². The molecule has 0 saturated carbocycles. The van der Waals surface area contributed by atoms with E-state index in [9.17, 15) is 0 Å². The predicted octanol–water partition coefficient (Wildman–Crippen LogP) is 7.86. The molecule has 0 N–H and O–H groups in total. The molecule has 0 aliphatic heterocycles. The van der Waals surface area contributed by atoms with Crippen LogP contribution in [0.1, 0.15) is 76.7 Å². The smallest absolute Gasteiger partial charge is 0.104 e. The van der Waals surface area contributed by atoms with Crippen molar-refractivity contribution in [2.75, 3.05) is 5.75 Å². The zero-order valence-corrected chi connectivity index (χ0v) is 17.0. The SMILES string of the molecule is CCCCCCCCCCCCSC(=S)SCc1ccccc1. The first-order valence-corrected chi connectivity index (χ1v) is 11.5. The van der Waals surface area contributed by atoms with Gasteiger partial charge in [0.15, 0.2) is 0 Å². The summed E-state index contributed by atoms with van der Waals surface area (Å²) in [5, 5.41) is 0. The zero-order valence-electron chi connectivity index (χ0n) is 14.6. The lowest BCUT2D eigenvalue weighted by Gasteiger charge is -2.04. The van der Waals surface area contributed by atoms with E-state index in [2.05, 4.69) is 37.3 Å². The Morgan fingerprint density at radius 3 is 1.96 bits per heavy atom. The van der Waals surface area contributed by atoms with Crippen LogP contribution in [0, 0.1) is 0 Å². The topological polar surface area (TPSA) is 0 Å². The molecule has 130 valence electrons. The van der Waals surface area contributed by atoms with Crippen LogP contribution in [0.5, 0.6) is 0 Å². The highest BCUT2D eigenvalue weighted by atomic mass is 32.2. The van der Waals surface area contributed by atoms with Crippen LogP contribution in [-0.4, -0.2) is 9.28 Å². The number of hydrogen-bond donors (Lipinski definition) is 0. The Bertz CT molecular complexity index is 389. The van der Waals surface area contributed by atoms with E-state index in [1.54, 1.807) is 11.8 Å². The fourth-order valence-corrected chi connectivity index (χ4v) is 4.68. The summed E-state index contributed by atoms with van der Waals surface area (Å²) < 4.78 is 1.10. The van der Waals surface area contributed by atoms with E-state index in [0.717, 1.165) is 9.28 Å². The summed E-state index contributed by atoms with van der Waals surface area (Å²) in [4.78, 5) is 0. The van der Waals surface area contributed by atoms with Crippen LogP contribution < -0.4 is 0 Å². The molecule has 23 heavy (non-hydrogen) atoms. The second-order valence-corrected chi connectivity index (χ2v) is 9.33. The van der Waals surface area contributed by atoms with E-state index in [0.29, 0.717) is 0 Å². The van der Waals surface area contributed by atoms with Gasteiger partial charge < -0.3 is 0 Å². The molecule has 1 aromatic carbocycles. The molecule has 0 unspecified atom stereocenters. The van der Waals surface area contributed by atoms with Gasteiger partial charge in [-0.2, -0.15) is 0 Å². The van der Waals surface area contributed by atoms with Gasteiger partial charge in [0.1, 0.15) is 3.53 Å². The van der Waals surface area contributed by atoms with E-state index >= 15 is 0 Å². The molecule has 0 bridgehead atoms. The Morgan fingerprint density at radius 1 is 0.783 bits per heavy atom. The van der Waals surface area contributed by atoms with Crippen molar-refractivity contribution in [1.29, 1.82) is 0 Å². The minimum absolute atomic E-state index is 1.00. The van der Waals surface area contributed by atoms with Gasteiger partial charge in [0.05, 0.1) is 0 Å². The molecular formula is C20H32S3. The van der Waals surface area contributed by atoms with Crippen molar-refractivity contribution in [3.8, 4) is 0 Å². The van der Waals surface area contributed by atoms with Gasteiger partial charge in [-0.15, -0.1) is 23.5 Å². The molecule has 0 saturated heterocycles. The number of unbranched alkanes of at least 4 members (excludes halogenated alkanes) is 9. The van der Waals surface area contributed by atoms with Crippen molar-refractivity contribution in [2.45, 2.75) is 76.9 Å². The van der Waals surface area contributed by atoms with E-state index in [1.807, 2.05) is 11.8 Å². The van der Waals surface area contributed by atoms with Gasteiger partial charge in [-0.05, 0) is 17.7 Å². The first-order chi connectivity index (χ1) is 11.3. The van der Waals surface area contributed by atoms with Gasteiger partial charge in [0, 0.05) is 5.75 Å². The van der Waals surface area contributed by atoms with Gasteiger partial charge >= 0.3 is 0 Å². The average molecular weight is 369 g/mol. The highest BCUT2D eigenvalue weighted by Gasteiger charge is 2.00.